The predicted octanol–water partition coefficient (Wildman–Crippen LogP) is 0.818. The second-order valence-corrected chi connectivity index (χ2v) is 4.78. The summed E-state index contributed by atoms with van der Waals surface area (Å²) >= 11 is 0. The highest BCUT2D eigenvalue weighted by Crippen LogP contribution is 2.19. The number of morpholine rings is 1. The van der Waals surface area contributed by atoms with Crippen LogP contribution in [-0.4, -0.2) is 48.4 Å². The van der Waals surface area contributed by atoms with E-state index in [-0.39, 0.29) is 12.1 Å². The number of nitrogens with two attached hydrogens (primary N) is 1. The van der Waals surface area contributed by atoms with Crippen molar-refractivity contribution in [3.05, 3.63) is 12.4 Å². The van der Waals surface area contributed by atoms with Gasteiger partial charge in [0.25, 0.3) is 0 Å². The minimum atomic E-state index is 0.0143. The van der Waals surface area contributed by atoms with Crippen molar-refractivity contribution in [2.45, 2.75) is 32.4 Å². The quantitative estimate of drug-likeness (QED) is 0.850. The molecule has 1 fully saturated rings. The number of nitrogens with zero attached hydrogens (tertiary/aromatic N) is 3. The Kier molecular flexibility index (Phi) is 4.93. The smallest absolute Gasteiger partial charge is 0.218 e. The van der Waals surface area contributed by atoms with Crippen LogP contribution in [0.3, 0.4) is 0 Å². The highest BCUT2D eigenvalue weighted by Gasteiger charge is 2.24. The molecule has 6 nitrogen and oxygen atoms in total. The molecule has 1 aliphatic rings. The first-order valence-corrected chi connectivity index (χ1v) is 6.77. The molecule has 2 rings (SSSR count). The highest BCUT2D eigenvalue weighted by atomic mass is 16.5. The van der Waals surface area contributed by atoms with Gasteiger partial charge in [-0.1, -0.05) is 6.92 Å². The van der Waals surface area contributed by atoms with Crippen LogP contribution >= 0.6 is 0 Å². The van der Waals surface area contributed by atoms with Crippen molar-refractivity contribution in [2.24, 2.45) is 5.73 Å². The fourth-order valence-corrected chi connectivity index (χ4v) is 1.99. The van der Waals surface area contributed by atoms with Crippen molar-refractivity contribution in [3.8, 4) is 5.88 Å². The van der Waals surface area contributed by atoms with Crippen LogP contribution in [0.2, 0.25) is 0 Å². The van der Waals surface area contributed by atoms with Crippen LogP contribution in [-0.2, 0) is 4.74 Å². The lowest BCUT2D eigenvalue weighted by molar-refractivity contribution is 0.0273. The van der Waals surface area contributed by atoms with Crippen molar-refractivity contribution in [1.82, 2.24) is 9.97 Å². The van der Waals surface area contributed by atoms with E-state index in [1.165, 1.54) is 6.33 Å². The lowest BCUT2D eigenvalue weighted by atomic mass is 10.1. The van der Waals surface area contributed by atoms with Crippen LogP contribution in [0, 0.1) is 0 Å². The van der Waals surface area contributed by atoms with Gasteiger partial charge in [-0.2, -0.15) is 0 Å². The first-order valence-electron chi connectivity index (χ1n) is 6.77. The van der Waals surface area contributed by atoms with Gasteiger partial charge in [0.05, 0.1) is 19.3 Å². The zero-order valence-corrected chi connectivity index (χ0v) is 11.6. The Labute approximate surface area is 113 Å². The summed E-state index contributed by atoms with van der Waals surface area (Å²) < 4.78 is 11.2. The van der Waals surface area contributed by atoms with Crippen molar-refractivity contribution in [1.29, 1.82) is 0 Å². The SMILES string of the molecule is CCCOc1cc(N2CCOC(C(C)N)C2)ncn1. The van der Waals surface area contributed by atoms with Crippen molar-refractivity contribution >= 4 is 5.82 Å². The van der Waals surface area contributed by atoms with E-state index < -0.39 is 0 Å². The number of rotatable bonds is 5. The minimum absolute atomic E-state index is 0.0143. The zero-order chi connectivity index (χ0) is 13.7. The van der Waals surface area contributed by atoms with Gasteiger partial charge in [0.2, 0.25) is 5.88 Å². The molecule has 2 heterocycles. The molecular weight excluding hydrogens is 244 g/mol. The van der Waals surface area contributed by atoms with Crippen molar-refractivity contribution < 1.29 is 9.47 Å². The van der Waals surface area contributed by atoms with Gasteiger partial charge in [0.15, 0.2) is 0 Å². The van der Waals surface area contributed by atoms with Crippen LogP contribution < -0.4 is 15.4 Å². The zero-order valence-electron chi connectivity index (χ0n) is 11.6. The van der Waals surface area contributed by atoms with Gasteiger partial charge in [0, 0.05) is 25.2 Å². The first kappa shape index (κ1) is 14.0. The van der Waals surface area contributed by atoms with Crippen LogP contribution in [0.4, 0.5) is 5.82 Å². The Morgan fingerprint density at radius 3 is 3.16 bits per heavy atom. The Bertz CT molecular complexity index is 400. The average molecular weight is 266 g/mol. The number of anilines is 1. The van der Waals surface area contributed by atoms with Gasteiger partial charge >= 0.3 is 0 Å². The standard InChI is InChI=1S/C13H22N4O2/c1-3-5-19-13-7-12(15-9-16-13)17-4-6-18-11(8-17)10(2)14/h7,9-11H,3-6,8,14H2,1-2H3. The third-order valence-corrected chi connectivity index (χ3v) is 3.09. The third-order valence-electron chi connectivity index (χ3n) is 3.09. The molecule has 2 atom stereocenters. The minimum Gasteiger partial charge on any atom is -0.478 e. The van der Waals surface area contributed by atoms with Crippen molar-refractivity contribution in [3.63, 3.8) is 0 Å². The molecule has 0 bridgehead atoms. The van der Waals surface area contributed by atoms with Gasteiger partial charge in [-0.05, 0) is 13.3 Å². The van der Waals surface area contributed by atoms with E-state index in [1.54, 1.807) is 0 Å². The summed E-state index contributed by atoms with van der Waals surface area (Å²) in [6.45, 7) is 6.93. The fourth-order valence-electron chi connectivity index (χ4n) is 1.99. The van der Waals surface area contributed by atoms with Crippen LogP contribution in [0.1, 0.15) is 20.3 Å². The van der Waals surface area contributed by atoms with Gasteiger partial charge < -0.3 is 20.1 Å². The molecule has 1 aliphatic heterocycles. The molecule has 0 aliphatic carbocycles. The van der Waals surface area contributed by atoms with Crippen LogP contribution in [0.25, 0.3) is 0 Å². The summed E-state index contributed by atoms with van der Waals surface area (Å²) in [7, 11) is 0. The molecule has 0 saturated carbocycles. The maximum atomic E-state index is 5.89. The lowest BCUT2D eigenvalue weighted by Gasteiger charge is -2.35. The molecule has 0 spiro atoms. The lowest BCUT2D eigenvalue weighted by Crippen LogP contribution is -2.49. The number of hydrogen-bond acceptors (Lipinski definition) is 6. The summed E-state index contributed by atoms with van der Waals surface area (Å²) in [6, 6.07) is 1.89. The second-order valence-electron chi connectivity index (χ2n) is 4.78. The average Bonchev–Trinajstić information content (AvgIpc) is 2.45. The Hall–Kier alpha value is -1.40. The molecule has 19 heavy (non-hydrogen) atoms. The molecule has 106 valence electrons. The maximum absolute atomic E-state index is 5.89. The topological polar surface area (TPSA) is 73.5 Å². The van der Waals surface area contributed by atoms with Crippen LogP contribution in [0.15, 0.2) is 12.4 Å². The summed E-state index contributed by atoms with van der Waals surface area (Å²) in [4.78, 5) is 10.6. The highest BCUT2D eigenvalue weighted by molar-refractivity contribution is 5.41. The van der Waals surface area contributed by atoms with Gasteiger partial charge in [0.1, 0.15) is 12.1 Å². The largest absolute Gasteiger partial charge is 0.478 e. The van der Waals surface area contributed by atoms with E-state index >= 15 is 0 Å². The summed E-state index contributed by atoms with van der Waals surface area (Å²) in [6.07, 6.45) is 2.55. The van der Waals surface area contributed by atoms with Crippen molar-refractivity contribution in [2.75, 3.05) is 31.2 Å². The monoisotopic (exact) mass is 266 g/mol. The van der Waals surface area contributed by atoms with E-state index in [0.717, 1.165) is 25.3 Å². The molecule has 0 aromatic carbocycles. The second kappa shape index (κ2) is 6.68. The molecule has 0 radical (unpaired) electrons. The summed E-state index contributed by atoms with van der Waals surface area (Å²) in [5.41, 5.74) is 5.89. The molecule has 6 heteroatoms. The molecule has 1 aromatic heterocycles. The third kappa shape index (κ3) is 3.78. The molecule has 1 aromatic rings. The Morgan fingerprint density at radius 1 is 1.58 bits per heavy atom. The molecule has 1 saturated heterocycles. The Morgan fingerprint density at radius 2 is 2.42 bits per heavy atom. The normalized spacial score (nSPS) is 21.2. The summed E-state index contributed by atoms with van der Waals surface area (Å²) in [5, 5.41) is 0. The van der Waals surface area contributed by atoms with E-state index in [9.17, 15) is 0 Å². The van der Waals surface area contributed by atoms with Gasteiger partial charge in [-0.25, -0.2) is 9.97 Å². The molecule has 2 N–H and O–H groups in total. The van der Waals surface area contributed by atoms with E-state index in [1.807, 2.05) is 13.0 Å². The molecule has 0 amide bonds. The Balaban J connectivity index is 2.04. The maximum Gasteiger partial charge on any atom is 0.218 e. The molecular formula is C13H22N4O2. The van der Waals surface area contributed by atoms with Gasteiger partial charge in [-0.3, -0.25) is 0 Å². The fraction of sp³-hybridized carbons (Fsp3) is 0.692. The molecule has 2 unspecified atom stereocenters. The first-order chi connectivity index (χ1) is 9.20. The van der Waals surface area contributed by atoms with Gasteiger partial charge in [-0.15, -0.1) is 0 Å². The van der Waals surface area contributed by atoms with E-state index in [4.69, 9.17) is 15.2 Å². The number of ether oxygens (including phenoxy) is 2. The predicted molar refractivity (Wildman–Crippen MR) is 73.4 cm³/mol. The van der Waals surface area contributed by atoms with E-state index in [2.05, 4.69) is 21.8 Å². The number of aromatic nitrogens is 2. The van der Waals surface area contributed by atoms with E-state index in [0.29, 0.717) is 19.1 Å². The van der Waals surface area contributed by atoms with Crippen LogP contribution in [0.5, 0.6) is 5.88 Å². The summed E-state index contributed by atoms with van der Waals surface area (Å²) in [5.74, 6) is 1.49. The number of hydrogen-bond donors (Lipinski definition) is 1.